The lowest BCUT2D eigenvalue weighted by molar-refractivity contribution is 0.306. The zero-order chi connectivity index (χ0) is 12.6. The molecular formula is C17H18O. The highest BCUT2D eigenvalue weighted by Gasteiger charge is 1.97. The number of ether oxygens (including phenoxy) is 1. The monoisotopic (exact) mass is 238 g/mol. The first-order valence-corrected chi connectivity index (χ1v) is 6.25. The summed E-state index contributed by atoms with van der Waals surface area (Å²) in [7, 11) is 0. The molecule has 0 N–H and O–H groups in total. The van der Waals surface area contributed by atoms with Crippen LogP contribution in [0.25, 0.3) is 0 Å². The summed E-state index contributed by atoms with van der Waals surface area (Å²) in [6, 6.07) is 18.5. The smallest absolute Gasteiger partial charge is 0.120 e. The maximum absolute atomic E-state index is 5.79. The summed E-state index contributed by atoms with van der Waals surface area (Å²) in [6.07, 6.45) is 5.17. The van der Waals surface area contributed by atoms with E-state index in [1.54, 1.807) is 0 Å². The van der Waals surface area contributed by atoms with E-state index in [4.69, 9.17) is 4.74 Å². The number of hydrogen-bond donors (Lipinski definition) is 0. The van der Waals surface area contributed by atoms with Gasteiger partial charge in [-0.1, -0.05) is 54.6 Å². The van der Waals surface area contributed by atoms with Gasteiger partial charge in [0.05, 0.1) is 0 Å². The maximum Gasteiger partial charge on any atom is 0.120 e. The van der Waals surface area contributed by atoms with Crippen LogP contribution in [0.2, 0.25) is 0 Å². The van der Waals surface area contributed by atoms with Crippen LogP contribution < -0.4 is 4.74 Å². The van der Waals surface area contributed by atoms with Crippen molar-refractivity contribution in [2.24, 2.45) is 0 Å². The van der Waals surface area contributed by atoms with Crippen LogP contribution in [0, 0.1) is 0 Å². The Hall–Kier alpha value is -2.02. The first-order chi connectivity index (χ1) is 8.88. The van der Waals surface area contributed by atoms with E-state index >= 15 is 0 Å². The predicted octanol–water partition coefficient (Wildman–Crippen LogP) is 4.38. The molecule has 0 aliphatic carbocycles. The lowest BCUT2D eigenvalue weighted by Gasteiger charge is -2.07. The Kier molecular flexibility index (Phi) is 4.60. The zero-order valence-corrected chi connectivity index (χ0v) is 10.7. The molecule has 2 aromatic rings. The van der Waals surface area contributed by atoms with E-state index < -0.39 is 0 Å². The van der Waals surface area contributed by atoms with E-state index in [0.717, 1.165) is 12.2 Å². The maximum atomic E-state index is 5.79. The molecule has 1 heteroatoms. The van der Waals surface area contributed by atoms with Gasteiger partial charge < -0.3 is 4.74 Å². The van der Waals surface area contributed by atoms with Crippen molar-refractivity contribution < 1.29 is 4.74 Å². The average Bonchev–Trinajstić information content (AvgIpc) is 2.44. The topological polar surface area (TPSA) is 9.23 Å². The van der Waals surface area contributed by atoms with E-state index in [9.17, 15) is 0 Å². The highest BCUT2D eigenvalue weighted by atomic mass is 16.5. The van der Waals surface area contributed by atoms with E-state index in [1.807, 2.05) is 37.3 Å². The Labute approximate surface area is 109 Å². The number of hydrogen-bond acceptors (Lipinski definition) is 1. The van der Waals surface area contributed by atoms with Gasteiger partial charge in [0.1, 0.15) is 12.4 Å². The van der Waals surface area contributed by atoms with E-state index in [1.165, 1.54) is 11.1 Å². The number of rotatable bonds is 5. The molecule has 2 aromatic carbocycles. The van der Waals surface area contributed by atoms with E-state index in [0.29, 0.717) is 6.61 Å². The van der Waals surface area contributed by atoms with Gasteiger partial charge in [0.25, 0.3) is 0 Å². The van der Waals surface area contributed by atoms with Gasteiger partial charge in [0.2, 0.25) is 0 Å². The number of benzene rings is 2. The van der Waals surface area contributed by atoms with Crippen LogP contribution >= 0.6 is 0 Å². The molecule has 0 unspecified atom stereocenters. The Morgan fingerprint density at radius 3 is 2.50 bits per heavy atom. The summed E-state index contributed by atoms with van der Waals surface area (Å²) in [5, 5.41) is 0. The van der Waals surface area contributed by atoms with Crippen molar-refractivity contribution in [3.63, 3.8) is 0 Å². The summed E-state index contributed by atoms with van der Waals surface area (Å²) in [4.78, 5) is 0. The summed E-state index contributed by atoms with van der Waals surface area (Å²) in [5.41, 5.74) is 2.47. The standard InChI is InChI=1S/C17H18O/c1-2-3-8-15-11-7-12-17(13-15)18-14-16-9-5-4-6-10-16/h2-7,9-13H,8,14H2,1H3/b3-2+. The van der Waals surface area contributed by atoms with Gasteiger partial charge in [0, 0.05) is 0 Å². The summed E-state index contributed by atoms with van der Waals surface area (Å²) in [6.45, 7) is 2.66. The fourth-order valence-corrected chi connectivity index (χ4v) is 1.76. The molecule has 0 aliphatic heterocycles. The molecule has 0 fully saturated rings. The van der Waals surface area contributed by atoms with Crippen molar-refractivity contribution in [1.82, 2.24) is 0 Å². The molecule has 0 heterocycles. The van der Waals surface area contributed by atoms with Crippen LogP contribution in [0.4, 0.5) is 0 Å². The number of allylic oxidation sites excluding steroid dienone is 2. The van der Waals surface area contributed by atoms with Crippen molar-refractivity contribution in [3.8, 4) is 5.75 Å². The van der Waals surface area contributed by atoms with Crippen LogP contribution in [0.1, 0.15) is 18.1 Å². The van der Waals surface area contributed by atoms with Crippen LogP contribution in [0.5, 0.6) is 5.75 Å². The molecule has 18 heavy (non-hydrogen) atoms. The van der Waals surface area contributed by atoms with Gasteiger partial charge >= 0.3 is 0 Å². The summed E-state index contributed by atoms with van der Waals surface area (Å²) < 4.78 is 5.79. The second kappa shape index (κ2) is 6.65. The molecule has 2 rings (SSSR count). The second-order valence-corrected chi connectivity index (χ2v) is 4.19. The molecule has 0 amide bonds. The highest BCUT2D eigenvalue weighted by molar-refractivity contribution is 5.30. The Morgan fingerprint density at radius 2 is 1.72 bits per heavy atom. The normalized spacial score (nSPS) is 10.7. The SMILES string of the molecule is C/C=C/Cc1cccc(OCc2ccccc2)c1. The van der Waals surface area contributed by atoms with Crippen LogP contribution in [0.15, 0.2) is 66.7 Å². The molecule has 0 aliphatic rings. The average molecular weight is 238 g/mol. The zero-order valence-electron chi connectivity index (χ0n) is 10.7. The molecule has 0 atom stereocenters. The molecule has 92 valence electrons. The van der Waals surface area contributed by atoms with Crippen molar-refractivity contribution in [2.45, 2.75) is 20.0 Å². The molecule has 0 saturated carbocycles. The van der Waals surface area contributed by atoms with E-state index in [-0.39, 0.29) is 0 Å². The van der Waals surface area contributed by atoms with Gasteiger partial charge in [-0.3, -0.25) is 0 Å². The minimum atomic E-state index is 0.619. The second-order valence-electron chi connectivity index (χ2n) is 4.19. The highest BCUT2D eigenvalue weighted by Crippen LogP contribution is 2.15. The fraction of sp³-hybridized carbons (Fsp3) is 0.176. The van der Waals surface area contributed by atoms with Gasteiger partial charge in [0.15, 0.2) is 0 Å². The molecule has 0 bridgehead atoms. The van der Waals surface area contributed by atoms with E-state index in [2.05, 4.69) is 36.4 Å². The summed E-state index contributed by atoms with van der Waals surface area (Å²) >= 11 is 0. The lowest BCUT2D eigenvalue weighted by atomic mass is 10.1. The van der Waals surface area contributed by atoms with Crippen molar-refractivity contribution in [2.75, 3.05) is 0 Å². The van der Waals surface area contributed by atoms with Crippen LogP contribution in [0.3, 0.4) is 0 Å². The third kappa shape index (κ3) is 3.77. The Balaban J connectivity index is 1.97. The van der Waals surface area contributed by atoms with Crippen LogP contribution in [-0.2, 0) is 13.0 Å². The molecule has 0 radical (unpaired) electrons. The minimum absolute atomic E-state index is 0.619. The predicted molar refractivity (Wildman–Crippen MR) is 75.7 cm³/mol. The quantitative estimate of drug-likeness (QED) is 0.702. The minimum Gasteiger partial charge on any atom is -0.489 e. The van der Waals surface area contributed by atoms with Crippen LogP contribution in [-0.4, -0.2) is 0 Å². The largest absolute Gasteiger partial charge is 0.489 e. The lowest BCUT2D eigenvalue weighted by Crippen LogP contribution is -1.95. The van der Waals surface area contributed by atoms with Gasteiger partial charge in [-0.2, -0.15) is 0 Å². The van der Waals surface area contributed by atoms with Crippen molar-refractivity contribution in [1.29, 1.82) is 0 Å². The first kappa shape index (κ1) is 12.4. The third-order valence-corrected chi connectivity index (χ3v) is 2.74. The van der Waals surface area contributed by atoms with Crippen molar-refractivity contribution >= 4 is 0 Å². The molecular weight excluding hydrogens is 220 g/mol. The molecule has 0 aromatic heterocycles. The van der Waals surface area contributed by atoms with Gasteiger partial charge in [-0.05, 0) is 36.6 Å². The molecule has 0 saturated heterocycles. The Morgan fingerprint density at radius 1 is 0.944 bits per heavy atom. The van der Waals surface area contributed by atoms with Crippen molar-refractivity contribution in [3.05, 3.63) is 77.9 Å². The summed E-state index contributed by atoms with van der Waals surface area (Å²) in [5.74, 6) is 0.931. The molecule has 1 nitrogen and oxygen atoms in total. The first-order valence-electron chi connectivity index (χ1n) is 6.25. The third-order valence-electron chi connectivity index (χ3n) is 2.74. The molecule has 0 spiro atoms. The Bertz CT molecular complexity index is 500. The van der Waals surface area contributed by atoms with Gasteiger partial charge in [-0.25, -0.2) is 0 Å². The van der Waals surface area contributed by atoms with Gasteiger partial charge in [-0.15, -0.1) is 0 Å². The fourth-order valence-electron chi connectivity index (χ4n) is 1.76.